The van der Waals surface area contributed by atoms with Crippen molar-refractivity contribution in [3.63, 3.8) is 0 Å². The van der Waals surface area contributed by atoms with Crippen LogP contribution in [0.25, 0.3) is 0 Å². The van der Waals surface area contributed by atoms with Gasteiger partial charge >= 0.3 is 0 Å². The lowest BCUT2D eigenvalue weighted by Crippen LogP contribution is -2.47. The molecule has 11 nitrogen and oxygen atoms in total. The highest BCUT2D eigenvalue weighted by Gasteiger charge is 2.33. The number of hydrogen-bond acceptors (Lipinski definition) is 11. The Morgan fingerprint density at radius 1 is 1.19 bits per heavy atom. The average molecular weight is 512 g/mol. The van der Waals surface area contributed by atoms with Crippen molar-refractivity contribution in [2.45, 2.75) is 11.6 Å². The van der Waals surface area contributed by atoms with Crippen LogP contribution in [0, 0.1) is 0 Å². The summed E-state index contributed by atoms with van der Waals surface area (Å²) in [6.07, 6.45) is 5.79. The Kier molecular flexibility index (Phi) is 7.63. The lowest BCUT2D eigenvalue weighted by molar-refractivity contribution is 0.0357. The molecule has 1 saturated heterocycles. The summed E-state index contributed by atoms with van der Waals surface area (Å²) in [5.74, 6) is 1.93. The summed E-state index contributed by atoms with van der Waals surface area (Å²) in [5.41, 5.74) is 1.78. The number of aromatic nitrogens is 2. The molecule has 190 valence electrons. The van der Waals surface area contributed by atoms with Crippen molar-refractivity contribution in [2.24, 2.45) is 9.98 Å². The number of hydrogen-bond donors (Lipinski definition) is 1. The number of benzene rings is 1. The van der Waals surface area contributed by atoms with Gasteiger partial charge in [0.15, 0.2) is 16.7 Å². The van der Waals surface area contributed by atoms with Crippen LogP contribution in [0.4, 0.5) is 5.69 Å². The standard InChI is InChI=1S/C24H29N7O4S/c1-33-20-18(35-11-3-7-30-9-12-34-13-10-30)5-4-17-19(20)28-23(31-8-6-25-21(17)31)29-22(32)16-14-26-24(36-2)27-15-16/h4-5,14-15H,3,6-13H2,1-2H3,(H,28,29,32). The summed E-state index contributed by atoms with van der Waals surface area (Å²) in [6, 6.07) is 3.85. The molecule has 0 atom stereocenters. The minimum Gasteiger partial charge on any atom is -0.491 e. The Bertz CT molecular complexity index is 1170. The minimum absolute atomic E-state index is 0.342. The van der Waals surface area contributed by atoms with E-state index in [9.17, 15) is 4.79 Å². The predicted molar refractivity (Wildman–Crippen MR) is 137 cm³/mol. The summed E-state index contributed by atoms with van der Waals surface area (Å²) in [6.45, 7) is 6.23. The summed E-state index contributed by atoms with van der Waals surface area (Å²) in [5, 5.41) is 3.51. The second-order valence-corrected chi connectivity index (χ2v) is 9.13. The molecule has 1 aromatic heterocycles. The van der Waals surface area contributed by atoms with Gasteiger partial charge in [-0.3, -0.25) is 24.9 Å². The van der Waals surface area contributed by atoms with E-state index < -0.39 is 0 Å². The van der Waals surface area contributed by atoms with Crippen LogP contribution in [-0.2, 0) is 4.74 Å². The van der Waals surface area contributed by atoms with Crippen LogP contribution in [-0.4, -0.2) is 103 Å². The number of carbonyl (C=O) groups excluding carboxylic acids is 1. The van der Waals surface area contributed by atoms with E-state index in [1.54, 1.807) is 7.11 Å². The largest absolute Gasteiger partial charge is 0.491 e. The number of thioether (sulfide) groups is 1. The third-order valence-electron chi connectivity index (χ3n) is 6.13. The fourth-order valence-electron chi connectivity index (χ4n) is 4.31. The van der Waals surface area contributed by atoms with Gasteiger partial charge in [-0.05, 0) is 24.8 Å². The molecule has 1 N–H and O–H groups in total. The smallest absolute Gasteiger partial charge is 0.261 e. The van der Waals surface area contributed by atoms with Gasteiger partial charge in [0.2, 0.25) is 5.96 Å². The van der Waals surface area contributed by atoms with E-state index >= 15 is 0 Å². The van der Waals surface area contributed by atoms with E-state index in [4.69, 9.17) is 19.2 Å². The molecule has 0 unspecified atom stereocenters. The Morgan fingerprint density at radius 2 is 2.00 bits per heavy atom. The number of carbonyl (C=O) groups is 1. The normalized spacial score (nSPS) is 17.1. The molecule has 12 heteroatoms. The molecule has 2 aromatic rings. The molecule has 1 fully saturated rings. The molecule has 4 heterocycles. The number of methoxy groups -OCH3 is 1. The van der Waals surface area contributed by atoms with Crippen molar-refractivity contribution in [3.05, 3.63) is 35.7 Å². The van der Waals surface area contributed by atoms with Crippen molar-refractivity contribution >= 4 is 35.2 Å². The first-order valence-electron chi connectivity index (χ1n) is 11.9. The number of morpholine rings is 1. The van der Waals surface area contributed by atoms with Crippen molar-refractivity contribution < 1.29 is 19.0 Å². The Hall–Kier alpha value is -3.22. The van der Waals surface area contributed by atoms with Gasteiger partial charge in [-0.25, -0.2) is 15.0 Å². The minimum atomic E-state index is -0.342. The van der Waals surface area contributed by atoms with Gasteiger partial charge in [0.1, 0.15) is 11.5 Å². The maximum Gasteiger partial charge on any atom is 0.261 e. The molecular formula is C24H29N7O4S. The summed E-state index contributed by atoms with van der Waals surface area (Å²) >= 11 is 1.41. The van der Waals surface area contributed by atoms with Crippen LogP contribution in [0.2, 0.25) is 0 Å². The topological polar surface area (TPSA) is 114 Å². The van der Waals surface area contributed by atoms with Crippen molar-refractivity contribution in [2.75, 3.05) is 65.9 Å². The van der Waals surface area contributed by atoms with Crippen molar-refractivity contribution in [1.29, 1.82) is 0 Å². The van der Waals surface area contributed by atoms with E-state index in [0.717, 1.165) is 50.7 Å². The zero-order valence-corrected chi connectivity index (χ0v) is 21.2. The molecule has 3 aliphatic heterocycles. The van der Waals surface area contributed by atoms with Gasteiger partial charge < -0.3 is 14.2 Å². The summed E-state index contributed by atoms with van der Waals surface area (Å²) in [4.78, 5) is 35.0. The van der Waals surface area contributed by atoms with Gasteiger partial charge in [0.25, 0.3) is 5.91 Å². The monoisotopic (exact) mass is 511 g/mol. The lowest BCUT2D eigenvalue weighted by atomic mass is 10.1. The number of aliphatic imine (C=N–C) groups is 2. The molecule has 0 saturated carbocycles. The Labute approximate surface area is 214 Å². The zero-order chi connectivity index (χ0) is 24.9. The SMILES string of the molecule is COc1c(OCCCN2CCOCC2)ccc2c1N=C(NC(=O)c1cnc(SC)nc1)N1CCN=C21. The van der Waals surface area contributed by atoms with Crippen LogP contribution in [0.3, 0.4) is 0 Å². The highest BCUT2D eigenvalue weighted by atomic mass is 32.2. The van der Waals surface area contributed by atoms with E-state index in [2.05, 4.69) is 25.2 Å². The van der Waals surface area contributed by atoms with Gasteiger partial charge in [0.05, 0.1) is 39.0 Å². The summed E-state index contributed by atoms with van der Waals surface area (Å²) in [7, 11) is 1.59. The first kappa shape index (κ1) is 24.5. The highest BCUT2D eigenvalue weighted by molar-refractivity contribution is 7.98. The first-order valence-corrected chi connectivity index (χ1v) is 13.1. The molecule has 0 bridgehead atoms. The number of rotatable bonds is 8. The third kappa shape index (κ3) is 5.15. The number of nitrogens with zero attached hydrogens (tertiary/aromatic N) is 6. The van der Waals surface area contributed by atoms with Gasteiger partial charge in [-0.2, -0.15) is 0 Å². The third-order valence-corrected chi connectivity index (χ3v) is 6.71. The van der Waals surface area contributed by atoms with E-state index in [1.165, 1.54) is 24.2 Å². The van der Waals surface area contributed by atoms with Crippen molar-refractivity contribution in [3.8, 4) is 11.5 Å². The van der Waals surface area contributed by atoms with Crippen LogP contribution in [0.5, 0.6) is 11.5 Å². The van der Waals surface area contributed by atoms with E-state index in [1.807, 2.05) is 23.3 Å². The second-order valence-electron chi connectivity index (χ2n) is 8.35. The van der Waals surface area contributed by atoms with Crippen LogP contribution >= 0.6 is 11.8 Å². The number of guanidine groups is 1. The van der Waals surface area contributed by atoms with E-state index in [0.29, 0.717) is 53.6 Å². The maximum absolute atomic E-state index is 12.9. The number of ether oxygens (including phenoxy) is 3. The van der Waals surface area contributed by atoms with Crippen LogP contribution < -0.4 is 14.8 Å². The fourth-order valence-corrected chi connectivity index (χ4v) is 4.62. The average Bonchev–Trinajstić information content (AvgIpc) is 3.42. The fraction of sp³-hybridized carbons (Fsp3) is 0.458. The summed E-state index contributed by atoms with van der Waals surface area (Å²) < 4.78 is 17.2. The van der Waals surface area contributed by atoms with Gasteiger partial charge in [-0.15, -0.1) is 0 Å². The zero-order valence-electron chi connectivity index (χ0n) is 20.4. The first-order chi connectivity index (χ1) is 17.7. The predicted octanol–water partition coefficient (Wildman–Crippen LogP) is 1.80. The molecule has 5 rings (SSSR count). The molecule has 0 aliphatic carbocycles. The maximum atomic E-state index is 12.9. The Morgan fingerprint density at radius 3 is 2.75 bits per heavy atom. The molecule has 36 heavy (non-hydrogen) atoms. The van der Waals surface area contributed by atoms with E-state index in [-0.39, 0.29) is 5.91 Å². The molecule has 3 aliphatic rings. The van der Waals surface area contributed by atoms with Crippen LogP contribution in [0.15, 0.2) is 39.7 Å². The molecule has 0 radical (unpaired) electrons. The van der Waals surface area contributed by atoms with Gasteiger partial charge in [-0.1, -0.05) is 11.8 Å². The number of nitrogens with one attached hydrogen (secondary N) is 1. The number of amides is 1. The molecular weight excluding hydrogens is 482 g/mol. The van der Waals surface area contributed by atoms with Crippen LogP contribution in [0.1, 0.15) is 22.3 Å². The van der Waals surface area contributed by atoms with Crippen molar-refractivity contribution in [1.82, 2.24) is 25.1 Å². The second kappa shape index (κ2) is 11.2. The molecule has 1 aromatic carbocycles. The number of amidine groups is 1. The Balaban J connectivity index is 1.34. The molecule has 0 spiro atoms. The van der Waals surface area contributed by atoms with Gasteiger partial charge in [0, 0.05) is 44.1 Å². The lowest BCUT2D eigenvalue weighted by Gasteiger charge is -2.28. The number of fused-ring (bicyclic) bond motifs is 3. The molecule has 1 amide bonds. The highest BCUT2D eigenvalue weighted by Crippen LogP contribution is 2.43. The quantitative estimate of drug-likeness (QED) is 0.322.